The molecule has 0 aliphatic rings. The molecule has 2 amide bonds. The number of nitrogens with one attached hydrogen (secondary N) is 1. The average Bonchev–Trinajstić information content (AvgIpc) is 3.42. The number of rotatable bonds is 9. The van der Waals surface area contributed by atoms with Crippen LogP contribution in [0.25, 0.3) is 11.0 Å². The van der Waals surface area contributed by atoms with E-state index >= 15 is 0 Å². The summed E-state index contributed by atoms with van der Waals surface area (Å²) in [5.41, 5.74) is 1.72. The summed E-state index contributed by atoms with van der Waals surface area (Å²) in [4.78, 5) is 33.4. The zero-order chi connectivity index (χ0) is 22.5. The molecule has 6 nitrogen and oxygen atoms in total. The van der Waals surface area contributed by atoms with E-state index in [0.29, 0.717) is 10.7 Å². The van der Waals surface area contributed by atoms with Gasteiger partial charge < -0.3 is 14.8 Å². The van der Waals surface area contributed by atoms with Gasteiger partial charge in [-0.1, -0.05) is 32.0 Å². The van der Waals surface area contributed by atoms with Crippen LogP contribution < -0.4 is 5.32 Å². The van der Waals surface area contributed by atoms with Gasteiger partial charge in [0, 0.05) is 12.1 Å². The second-order valence-electron chi connectivity index (χ2n) is 8.03. The predicted molar refractivity (Wildman–Crippen MR) is 126 cm³/mol. The smallest absolute Gasteiger partial charge is 0.261 e. The van der Waals surface area contributed by atoms with E-state index in [9.17, 15) is 9.59 Å². The van der Waals surface area contributed by atoms with Crippen LogP contribution in [0.2, 0.25) is 0 Å². The topological polar surface area (TPSA) is 67.2 Å². The molecule has 0 saturated carbocycles. The Hall–Kier alpha value is -2.67. The SMILES string of the molecule is CCC(C)N(C(=O)Cn1c(C(C)NC(=O)c2cccs2)nc2ccccc21)C(C)CC. The highest BCUT2D eigenvalue weighted by Gasteiger charge is 2.26. The molecule has 0 fully saturated rings. The molecule has 7 heteroatoms. The van der Waals surface area contributed by atoms with Gasteiger partial charge in [0.05, 0.1) is 22.0 Å². The third kappa shape index (κ3) is 4.98. The minimum atomic E-state index is -0.338. The fourth-order valence-electron chi connectivity index (χ4n) is 3.87. The molecule has 0 aliphatic carbocycles. The Morgan fingerprint density at radius 3 is 2.35 bits per heavy atom. The van der Waals surface area contributed by atoms with Crippen LogP contribution in [0.1, 0.15) is 69.0 Å². The van der Waals surface area contributed by atoms with Crippen molar-refractivity contribution in [2.75, 3.05) is 0 Å². The molecule has 0 bridgehead atoms. The van der Waals surface area contributed by atoms with Crippen molar-refractivity contribution < 1.29 is 9.59 Å². The summed E-state index contributed by atoms with van der Waals surface area (Å²) in [5.74, 6) is 0.630. The largest absolute Gasteiger partial charge is 0.342 e. The normalized spacial score (nSPS) is 14.2. The first-order valence-electron chi connectivity index (χ1n) is 11.0. The third-order valence-electron chi connectivity index (χ3n) is 5.88. The Bertz CT molecular complexity index is 1020. The molecular formula is C24H32N4O2S. The Labute approximate surface area is 188 Å². The van der Waals surface area contributed by atoms with Gasteiger partial charge in [-0.3, -0.25) is 9.59 Å². The van der Waals surface area contributed by atoms with E-state index in [1.165, 1.54) is 11.3 Å². The first-order valence-corrected chi connectivity index (χ1v) is 11.9. The number of nitrogens with zero attached hydrogens (tertiary/aromatic N) is 3. The lowest BCUT2D eigenvalue weighted by Crippen LogP contribution is -2.46. The number of hydrogen-bond donors (Lipinski definition) is 1. The first-order chi connectivity index (χ1) is 14.9. The molecule has 2 aromatic heterocycles. The van der Waals surface area contributed by atoms with Crippen LogP contribution in [-0.2, 0) is 11.3 Å². The van der Waals surface area contributed by atoms with Crippen molar-refractivity contribution >= 4 is 34.2 Å². The quantitative estimate of drug-likeness (QED) is 0.508. The Balaban J connectivity index is 1.93. The van der Waals surface area contributed by atoms with Crippen molar-refractivity contribution in [3.05, 3.63) is 52.5 Å². The highest BCUT2D eigenvalue weighted by molar-refractivity contribution is 7.12. The fourth-order valence-corrected chi connectivity index (χ4v) is 4.49. The highest BCUT2D eigenvalue weighted by atomic mass is 32.1. The van der Waals surface area contributed by atoms with Gasteiger partial charge in [0.1, 0.15) is 12.4 Å². The standard InChI is InChI=1S/C24H32N4O2S/c1-6-16(3)28(17(4)7-2)22(29)15-27-20-12-9-8-11-19(20)26-23(27)18(5)25-24(30)21-13-10-14-31-21/h8-14,16-18H,6-7,15H2,1-5H3,(H,25,30). The van der Waals surface area contributed by atoms with Gasteiger partial charge in [0.2, 0.25) is 5.91 Å². The van der Waals surface area contributed by atoms with Crippen LogP contribution in [0.4, 0.5) is 0 Å². The molecule has 0 spiro atoms. The van der Waals surface area contributed by atoms with Gasteiger partial charge in [-0.05, 0) is 57.2 Å². The van der Waals surface area contributed by atoms with Gasteiger partial charge in [0.25, 0.3) is 5.91 Å². The maximum atomic E-state index is 13.4. The van der Waals surface area contributed by atoms with Crippen LogP contribution >= 0.6 is 11.3 Å². The lowest BCUT2D eigenvalue weighted by Gasteiger charge is -2.34. The molecule has 31 heavy (non-hydrogen) atoms. The maximum Gasteiger partial charge on any atom is 0.261 e. The predicted octanol–water partition coefficient (Wildman–Crippen LogP) is 5.01. The van der Waals surface area contributed by atoms with Gasteiger partial charge in [-0.25, -0.2) is 4.98 Å². The monoisotopic (exact) mass is 440 g/mol. The Morgan fingerprint density at radius 1 is 1.06 bits per heavy atom. The maximum absolute atomic E-state index is 13.4. The van der Waals surface area contributed by atoms with Gasteiger partial charge in [-0.2, -0.15) is 0 Å². The average molecular weight is 441 g/mol. The molecule has 3 rings (SSSR count). The second kappa shape index (κ2) is 10.1. The third-order valence-corrected chi connectivity index (χ3v) is 6.75. The molecule has 3 atom stereocenters. The second-order valence-corrected chi connectivity index (χ2v) is 8.98. The van der Waals surface area contributed by atoms with Gasteiger partial charge in [-0.15, -0.1) is 11.3 Å². The van der Waals surface area contributed by atoms with Crippen molar-refractivity contribution in [1.29, 1.82) is 0 Å². The number of carbonyl (C=O) groups excluding carboxylic acids is 2. The van der Waals surface area contributed by atoms with Crippen molar-refractivity contribution in [3.63, 3.8) is 0 Å². The number of imidazole rings is 1. The first kappa shape index (κ1) is 23.0. The molecule has 3 aromatic rings. The lowest BCUT2D eigenvalue weighted by atomic mass is 10.1. The summed E-state index contributed by atoms with van der Waals surface area (Å²) in [6.07, 6.45) is 1.81. The lowest BCUT2D eigenvalue weighted by molar-refractivity contribution is -0.136. The molecule has 166 valence electrons. The van der Waals surface area contributed by atoms with Gasteiger partial charge in [0.15, 0.2) is 0 Å². The molecule has 0 aliphatic heterocycles. The van der Waals surface area contributed by atoms with Crippen molar-refractivity contribution in [1.82, 2.24) is 19.8 Å². The van der Waals surface area contributed by atoms with Crippen molar-refractivity contribution in [3.8, 4) is 0 Å². The molecule has 3 unspecified atom stereocenters. The van der Waals surface area contributed by atoms with E-state index in [0.717, 1.165) is 23.9 Å². The molecule has 2 heterocycles. The zero-order valence-corrected chi connectivity index (χ0v) is 19.8. The molecule has 1 aromatic carbocycles. The number of amides is 2. The van der Waals surface area contributed by atoms with Gasteiger partial charge >= 0.3 is 0 Å². The number of para-hydroxylation sites is 2. The Morgan fingerprint density at radius 2 is 1.74 bits per heavy atom. The number of benzene rings is 1. The summed E-state index contributed by atoms with van der Waals surface area (Å²) in [6, 6.07) is 11.4. The summed E-state index contributed by atoms with van der Waals surface area (Å²) < 4.78 is 1.95. The van der Waals surface area contributed by atoms with Crippen LogP contribution in [0.5, 0.6) is 0 Å². The summed E-state index contributed by atoms with van der Waals surface area (Å²) in [5, 5.41) is 4.91. The number of carbonyl (C=O) groups is 2. The minimum absolute atomic E-state index is 0.0740. The fraction of sp³-hybridized carbons (Fsp3) is 0.458. The molecule has 1 N–H and O–H groups in total. The van der Waals surface area contributed by atoms with E-state index < -0.39 is 0 Å². The number of aromatic nitrogens is 2. The van der Waals surface area contributed by atoms with E-state index in [-0.39, 0.29) is 36.5 Å². The van der Waals surface area contributed by atoms with Crippen LogP contribution in [0, 0.1) is 0 Å². The van der Waals surface area contributed by atoms with Crippen LogP contribution in [-0.4, -0.2) is 38.3 Å². The van der Waals surface area contributed by atoms with Crippen LogP contribution in [0.3, 0.4) is 0 Å². The van der Waals surface area contributed by atoms with E-state index in [1.54, 1.807) is 6.07 Å². The summed E-state index contributed by atoms with van der Waals surface area (Å²) in [6.45, 7) is 10.5. The minimum Gasteiger partial charge on any atom is -0.342 e. The number of hydrogen-bond acceptors (Lipinski definition) is 4. The van der Waals surface area contributed by atoms with E-state index in [4.69, 9.17) is 4.98 Å². The Kier molecular flexibility index (Phi) is 7.49. The van der Waals surface area contributed by atoms with E-state index in [2.05, 4.69) is 33.0 Å². The summed E-state index contributed by atoms with van der Waals surface area (Å²) >= 11 is 1.40. The molecule has 0 saturated heterocycles. The molecular weight excluding hydrogens is 408 g/mol. The van der Waals surface area contributed by atoms with Crippen molar-refractivity contribution in [2.24, 2.45) is 0 Å². The van der Waals surface area contributed by atoms with Crippen LogP contribution in [0.15, 0.2) is 41.8 Å². The summed E-state index contributed by atoms with van der Waals surface area (Å²) in [7, 11) is 0. The molecule has 0 radical (unpaired) electrons. The highest BCUT2D eigenvalue weighted by Crippen LogP contribution is 2.23. The number of thiophene rings is 1. The van der Waals surface area contributed by atoms with Crippen molar-refractivity contribution in [2.45, 2.75) is 72.1 Å². The number of fused-ring (bicyclic) bond motifs is 1. The van der Waals surface area contributed by atoms with E-state index in [1.807, 2.05) is 52.1 Å². The zero-order valence-electron chi connectivity index (χ0n) is 19.0.